The van der Waals surface area contributed by atoms with Gasteiger partial charge in [-0.15, -0.1) is 0 Å². The van der Waals surface area contributed by atoms with E-state index in [1.165, 1.54) is 0 Å². The minimum absolute atomic E-state index is 0.0294. The number of hydrogen-bond acceptors (Lipinski definition) is 2. The van der Waals surface area contributed by atoms with Gasteiger partial charge in [-0.3, -0.25) is 4.79 Å². The van der Waals surface area contributed by atoms with Gasteiger partial charge in [0.2, 0.25) is 0 Å². The molecule has 0 aliphatic heterocycles. The number of amides is 1. The van der Waals surface area contributed by atoms with E-state index in [1.54, 1.807) is 25.1 Å². The zero-order valence-electron chi connectivity index (χ0n) is 11.2. The number of carbonyl (C=O) groups is 1. The third-order valence-corrected chi connectivity index (χ3v) is 3.11. The highest BCUT2D eigenvalue weighted by molar-refractivity contribution is 5.94. The molecule has 1 aromatic rings. The van der Waals surface area contributed by atoms with Gasteiger partial charge in [0.1, 0.15) is 5.75 Å². The highest BCUT2D eigenvalue weighted by Crippen LogP contribution is 2.20. The number of aromatic hydroxyl groups is 1. The molecule has 17 heavy (non-hydrogen) atoms. The normalized spacial score (nSPS) is 13.2. The third kappa shape index (κ3) is 3.48. The fraction of sp³-hybridized carbons (Fsp3) is 0.500. The standard InChI is InChI=1S/C14H21NO2/c1-9-8-11(6-7-12(9)16)13(17)15-10(2)14(3,4)5/h6-8,10,16H,1-5H3,(H,15,17). The Balaban J connectivity index is 2.80. The number of rotatable bonds is 2. The summed E-state index contributed by atoms with van der Waals surface area (Å²) in [5, 5.41) is 12.4. The smallest absolute Gasteiger partial charge is 0.251 e. The number of carbonyl (C=O) groups excluding carboxylic acids is 1. The van der Waals surface area contributed by atoms with Gasteiger partial charge in [0.05, 0.1) is 0 Å². The van der Waals surface area contributed by atoms with E-state index in [1.807, 2.05) is 6.92 Å². The predicted octanol–water partition coefficient (Wildman–Crippen LogP) is 2.87. The fourth-order valence-electron chi connectivity index (χ4n) is 1.29. The molecular weight excluding hydrogens is 214 g/mol. The summed E-state index contributed by atoms with van der Waals surface area (Å²) in [5.41, 5.74) is 1.32. The quantitative estimate of drug-likeness (QED) is 0.828. The van der Waals surface area contributed by atoms with E-state index in [9.17, 15) is 9.90 Å². The van der Waals surface area contributed by atoms with Crippen molar-refractivity contribution in [3.63, 3.8) is 0 Å². The Labute approximate surface area is 103 Å². The number of phenolic OH excluding ortho intramolecular Hbond substituents is 1. The summed E-state index contributed by atoms with van der Waals surface area (Å²) in [6.45, 7) is 10.0. The first kappa shape index (κ1) is 13.6. The number of nitrogens with one attached hydrogen (secondary N) is 1. The Kier molecular flexibility index (Phi) is 3.81. The lowest BCUT2D eigenvalue weighted by molar-refractivity contribution is 0.0910. The first-order valence-corrected chi connectivity index (χ1v) is 5.82. The second-order valence-electron chi connectivity index (χ2n) is 5.56. The van der Waals surface area contributed by atoms with Gasteiger partial charge >= 0.3 is 0 Å². The Morgan fingerprint density at radius 1 is 1.35 bits per heavy atom. The molecule has 1 atom stereocenters. The molecule has 1 amide bonds. The molecule has 3 heteroatoms. The SMILES string of the molecule is Cc1cc(C(=O)NC(C)C(C)(C)C)ccc1O. The molecule has 0 aromatic heterocycles. The van der Waals surface area contributed by atoms with Crippen LogP contribution in [0.1, 0.15) is 43.6 Å². The molecule has 0 aliphatic rings. The van der Waals surface area contributed by atoms with Crippen molar-refractivity contribution in [2.75, 3.05) is 0 Å². The van der Waals surface area contributed by atoms with Crippen LogP contribution in [0.2, 0.25) is 0 Å². The zero-order chi connectivity index (χ0) is 13.2. The van der Waals surface area contributed by atoms with E-state index in [0.29, 0.717) is 11.1 Å². The van der Waals surface area contributed by atoms with Crippen molar-refractivity contribution >= 4 is 5.91 Å². The second kappa shape index (κ2) is 4.78. The van der Waals surface area contributed by atoms with E-state index >= 15 is 0 Å². The van der Waals surface area contributed by atoms with E-state index in [2.05, 4.69) is 26.1 Å². The molecule has 1 aromatic carbocycles. The third-order valence-electron chi connectivity index (χ3n) is 3.11. The van der Waals surface area contributed by atoms with Gasteiger partial charge in [-0.05, 0) is 43.0 Å². The summed E-state index contributed by atoms with van der Waals surface area (Å²) < 4.78 is 0. The number of benzene rings is 1. The Morgan fingerprint density at radius 2 is 1.94 bits per heavy atom. The van der Waals surface area contributed by atoms with Gasteiger partial charge in [0, 0.05) is 11.6 Å². The molecule has 0 aliphatic carbocycles. The van der Waals surface area contributed by atoms with Gasteiger partial charge in [-0.1, -0.05) is 20.8 Å². The average molecular weight is 235 g/mol. The molecule has 3 nitrogen and oxygen atoms in total. The van der Waals surface area contributed by atoms with Crippen LogP contribution in [0, 0.1) is 12.3 Å². The predicted molar refractivity (Wildman–Crippen MR) is 69.2 cm³/mol. The zero-order valence-corrected chi connectivity index (χ0v) is 11.2. The number of phenols is 1. The van der Waals surface area contributed by atoms with Crippen molar-refractivity contribution < 1.29 is 9.90 Å². The van der Waals surface area contributed by atoms with Crippen LogP contribution in [-0.4, -0.2) is 17.1 Å². The average Bonchev–Trinajstić information content (AvgIpc) is 2.20. The van der Waals surface area contributed by atoms with E-state index in [-0.39, 0.29) is 23.1 Å². The molecule has 0 fully saturated rings. The van der Waals surface area contributed by atoms with Crippen molar-refractivity contribution in [1.82, 2.24) is 5.32 Å². The van der Waals surface area contributed by atoms with Gasteiger partial charge in [0.15, 0.2) is 0 Å². The van der Waals surface area contributed by atoms with Crippen molar-refractivity contribution in [3.05, 3.63) is 29.3 Å². The molecule has 0 saturated carbocycles. The summed E-state index contributed by atoms with van der Waals surface area (Å²) in [7, 11) is 0. The van der Waals surface area contributed by atoms with Crippen molar-refractivity contribution in [2.24, 2.45) is 5.41 Å². The minimum atomic E-state index is -0.101. The molecular formula is C14H21NO2. The maximum atomic E-state index is 12.0. The Morgan fingerprint density at radius 3 is 2.41 bits per heavy atom. The first-order chi connectivity index (χ1) is 7.71. The Bertz CT molecular complexity index is 419. The van der Waals surface area contributed by atoms with Crippen LogP contribution in [0.25, 0.3) is 0 Å². The van der Waals surface area contributed by atoms with Crippen LogP contribution in [0.15, 0.2) is 18.2 Å². The number of aryl methyl sites for hydroxylation is 1. The maximum absolute atomic E-state index is 12.0. The van der Waals surface area contributed by atoms with Crippen molar-refractivity contribution in [1.29, 1.82) is 0 Å². The van der Waals surface area contributed by atoms with Crippen molar-refractivity contribution in [2.45, 2.75) is 40.7 Å². The lowest BCUT2D eigenvalue weighted by atomic mass is 9.88. The van der Waals surface area contributed by atoms with Crippen molar-refractivity contribution in [3.8, 4) is 5.75 Å². The summed E-state index contributed by atoms with van der Waals surface area (Å²) in [6.07, 6.45) is 0. The molecule has 0 saturated heterocycles. The molecule has 94 valence electrons. The van der Waals surface area contributed by atoms with Crippen LogP contribution in [0.5, 0.6) is 5.75 Å². The summed E-state index contributed by atoms with van der Waals surface area (Å²) in [6, 6.07) is 4.96. The van der Waals surface area contributed by atoms with Gasteiger partial charge in [0.25, 0.3) is 5.91 Å². The highest BCUT2D eigenvalue weighted by atomic mass is 16.3. The van der Waals surface area contributed by atoms with Crippen LogP contribution < -0.4 is 5.32 Å². The van der Waals surface area contributed by atoms with E-state index in [0.717, 1.165) is 0 Å². The minimum Gasteiger partial charge on any atom is -0.508 e. The molecule has 0 radical (unpaired) electrons. The van der Waals surface area contributed by atoms with Crippen LogP contribution in [0.4, 0.5) is 0 Å². The second-order valence-corrected chi connectivity index (χ2v) is 5.56. The van der Waals surface area contributed by atoms with Crippen LogP contribution >= 0.6 is 0 Å². The number of hydrogen-bond donors (Lipinski definition) is 2. The molecule has 2 N–H and O–H groups in total. The molecule has 0 spiro atoms. The monoisotopic (exact) mass is 235 g/mol. The summed E-state index contributed by atoms with van der Waals surface area (Å²) >= 11 is 0. The summed E-state index contributed by atoms with van der Waals surface area (Å²) in [5.74, 6) is 0.112. The molecule has 0 heterocycles. The fourth-order valence-corrected chi connectivity index (χ4v) is 1.29. The Hall–Kier alpha value is -1.51. The summed E-state index contributed by atoms with van der Waals surface area (Å²) in [4.78, 5) is 12.0. The first-order valence-electron chi connectivity index (χ1n) is 5.82. The lowest BCUT2D eigenvalue weighted by Crippen LogP contribution is -2.41. The largest absolute Gasteiger partial charge is 0.508 e. The molecule has 1 rings (SSSR count). The van der Waals surface area contributed by atoms with Gasteiger partial charge in [-0.25, -0.2) is 0 Å². The van der Waals surface area contributed by atoms with Gasteiger partial charge < -0.3 is 10.4 Å². The van der Waals surface area contributed by atoms with E-state index in [4.69, 9.17) is 0 Å². The topological polar surface area (TPSA) is 49.3 Å². The molecule has 0 bridgehead atoms. The van der Waals surface area contributed by atoms with E-state index < -0.39 is 0 Å². The highest BCUT2D eigenvalue weighted by Gasteiger charge is 2.22. The maximum Gasteiger partial charge on any atom is 0.251 e. The van der Waals surface area contributed by atoms with Crippen LogP contribution in [-0.2, 0) is 0 Å². The van der Waals surface area contributed by atoms with Crippen LogP contribution in [0.3, 0.4) is 0 Å². The lowest BCUT2D eigenvalue weighted by Gasteiger charge is -2.28. The molecule has 1 unspecified atom stereocenters. The van der Waals surface area contributed by atoms with Gasteiger partial charge in [-0.2, -0.15) is 0 Å².